The standard InChI is InChI=1S/C18H35ClO/c1-15(2)8-12-20-13-11-18(14-19)9-6-16(7-10-18)17(3,4)5/h15-16H,6-14H2,1-5H3. The van der Waals surface area contributed by atoms with Gasteiger partial charge in [0.1, 0.15) is 0 Å². The minimum Gasteiger partial charge on any atom is -0.381 e. The van der Waals surface area contributed by atoms with E-state index in [2.05, 4.69) is 34.6 Å². The predicted octanol–water partition coefficient (Wildman–Crippen LogP) is 5.90. The second-order valence-corrected chi connectivity index (χ2v) is 8.59. The van der Waals surface area contributed by atoms with Gasteiger partial charge in [0.2, 0.25) is 0 Å². The Labute approximate surface area is 131 Å². The number of hydrogen-bond donors (Lipinski definition) is 0. The quantitative estimate of drug-likeness (QED) is 0.420. The predicted molar refractivity (Wildman–Crippen MR) is 89.5 cm³/mol. The van der Waals surface area contributed by atoms with Crippen LogP contribution in [0.4, 0.5) is 0 Å². The van der Waals surface area contributed by atoms with Crippen molar-refractivity contribution in [2.75, 3.05) is 19.1 Å². The summed E-state index contributed by atoms with van der Waals surface area (Å²) in [6, 6.07) is 0. The Morgan fingerprint density at radius 3 is 2.20 bits per heavy atom. The average Bonchev–Trinajstić information content (AvgIpc) is 2.37. The van der Waals surface area contributed by atoms with Gasteiger partial charge in [-0.1, -0.05) is 34.6 Å². The Hall–Kier alpha value is 0.250. The van der Waals surface area contributed by atoms with E-state index in [0.717, 1.165) is 37.4 Å². The molecule has 0 amide bonds. The van der Waals surface area contributed by atoms with Crippen LogP contribution in [0.5, 0.6) is 0 Å². The molecular formula is C18H35ClO. The van der Waals surface area contributed by atoms with Crippen molar-refractivity contribution in [2.24, 2.45) is 22.7 Å². The SMILES string of the molecule is CC(C)CCOCCC1(CCl)CCC(C(C)(C)C)CC1. The third-order valence-corrected chi connectivity index (χ3v) is 5.74. The van der Waals surface area contributed by atoms with Crippen LogP contribution in [-0.4, -0.2) is 19.1 Å². The van der Waals surface area contributed by atoms with E-state index in [1.165, 1.54) is 32.1 Å². The van der Waals surface area contributed by atoms with E-state index in [4.69, 9.17) is 16.3 Å². The van der Waals surface area contributed by atoms with E-state index in [1.54, 1.807) is 0 Å². The fourth-order valence-electron chi connectivity index (χ4n) is 3.26. The summed E-state index contributed by atoms with van der Waals surface area (Å²) in [6.07, 6.45) is 7.55. The van der Waals surface area contributed by atoms with Crippen LogP contribution in [-0.2, 0) is 4.74 Å². The van der Waals surface area contributed by atoms with Crippen LogP contribution in [0.2, 0.25) is 0 Å². The maximum atomic E-state index is 6.31. The van der Waals surface area contributed by atoms with Crippen molar-refractivity contribution in [2.45, 2.75) is 73.1 Å². The number of ether oxygens (including phenoxy) is 1. The Bertz CT molecular complexity index is 259. The molecule has 0 saturated heterocycles. The second kappa shape index (κ2) is 8.03. The Morgan fingerprint density at radius 1 is 1.15 bits per heavy atom. The smallest absolute Gasteiger partial charge is 0.0471 e. The molecule has 2 heteroatoms. The van der Waals surface area contributed by atoms with Gasteiger partial charge in [0.05, 0.1) is 0 Å². The highest BCUT2D eigenvalue weighted by atomic mass is 35.5. The molecule has 1 saturated carbocycles. The fourth-order valence-corrected chi connectivity index (χ4v) is 3.66. The molecule has 1 aliphatic rings. The van der Waals surface area contributed by atoms with Crippen molar-refractivity contribution in [3.63, 3.8) is 0 Å². The first-order chi connectivity index (χ1) is 9.29. The number of halogens is 1. The van der Waals surface area contributed by atoms with Crippen LogP contribution in [0.3, 0.4) is 0 Å². The zero-order valence-corrected chi connectivity index (χ0v) is 15.1. The summed E-state index contributed by atoms with van der Waals surface area (Å²) in [4.78, 5) is 0. The maximum absolute atomic E-state index is 6.31. The summed E-state index contributed by atoms with van der Waals surface area (Å²) in [7, 11) is 0. The van der Waals surface area contributed by atoms with Gasteiger partial charge in [-0.15, -0.1) is 11.6 Å². The van der Waals surface area contributed by atoms with Crippen LogP contribution in [0.15, 0.2) is 0 Å². The number of alkyl halides is 1. The van der Waals surface area contributed by atoms with E-state index in [1.807, 2.05) is 0 Å². The largest absolute Gasteiger partial charge is 0.381 e. The van der Waals surface area contributed by atoms with Crippen molar-refractivity contribution in [1.82, 2.24) is 0 Å². The van der Waals surface area contributed by atoms with Crippen molar-refractivity contribution in [3.05, 3.63) is 0 Å². The van der Waals surface area contributed by atoms with Crippen LogP contribution < -0.4 is 0 Å². The maximum Gasteiger partial charge on any atom is 0.0471 e. The molecule has 0 unspecified atom stereocenters. The topological polar surface area (TPSA) is 9.23 Å². The molecule has 0 radical (unpaired) electrons. The molecule has 0 heterocycles. The van der Waals surface area contributed by atoms with Gasteiger partial charge < -0.3 is 4.74 Å². The molecule has 1 fully saturated rings. The van der Waals surface area contributed by atoms with Gasteiger partial charge in [0.15, 0.2) is 0 Å². The summed E-state index contributed by atoms with van der Waals surface area (Å²) in [6.45, 7) is 13.4. The van der Waals surface area contributed by atoms with Gasteiger partial charge in [-0.2, -0.15) is 0 Å². The summed E-state index contributed by atoms with van der Waals surface area (Å²) in [5.74, 6) is 2.40. The van der Waals surface area contributed by atoms with Crippen molar-refractivity contribution >= 4 is 11.6 Å². The first-order valence-corrected chi connectivity index (χ1v) is 8.96. The Morgan fingerprint density at radius 2 is 1.75 bits per heavy atom. The molecule has 1 nitrogen and oxygen atoms in total. The zero-order valence-electron chi connectivity index (χ0n) is 14.3. The molecule has 20 heavy (non-hydrogen) atoms. The molecule has 0 atom stereocenters. The third-order valence-electron chi connectivity index (χ3n) is 5.17. The molecule has 1 aliphatic carbocycles. The minimum absolute atomic E-state index is 0.348. The van der Waals surface area contributed by atoms with Crippen LogP contribution in [0.25, 0.3) is 0 Å². The Kier molecular flexibility index (Phi) is 7.35. The average molecular weight is 303 g/mol. The molecule has 0 aromatic heterocycles. The van der Waals surface area contributed by atoms with E-state index in [0.29, 0.717) is 10.8 Å². The highest BCUT2D eigenvalue weighted by Gasteiger charge is 2.37. The zero-order chi connectivity index (χ0) is 15.2. The van der Waals surface area contributed by atoms with Gasteiger partial charge in [-0.25, -0.2) is 0 Å². The van der Waals surface area contributed by atoms with Crippen molar-refractivity contribution < 1.29 is 4.74 Å². The van der Waals surface area contributed by atoms with Crippen molar-refractivity contribution in [1.29, 1.82) is 0 Å². The lowest BCUT2D eigenvalue weighted by Gasteiger charge is -2.43. The molecule has 0 bridgehead atoms. The third kappa shape index (κ3) is 5.93. The van der Waals surface area contributed by atoms with Gasteiger partial charge in [-0.3, -0.25) is 0 Å². The molecule has 0 spiro atoms. The van der Waals surface area contributed by atoms with E-state index >= 15 is 0 Å². The summed E-state index contributed by atoms with van der Waals surface area (Å²) in [5.41, 5.74) is 0.799. The van der Waals surface area contributed by atoms with Crippen LogP contribution >= 0.6 is 11.6 Å². The van der Waals surface area contributed by atoms with Gasteiger partial charge in [0.25, 0.3) is 0 Å². The monoisotopic (exact) mass is 302 g/mol. The van der Waals surface area contributed by atoms with E-state index in [9.17, 15) is 0 Å². The molecule has 120 valence electrons. The van der Waals surface area contributed by atoms with Crippen LogP contribution in [0.1, 0.15) is 73.1 Å². The van der Waals surface area contributed by atoms with E-state index < -0.39 is 0 Å². The summed E-state index contributed by atoms with van der Waals surface area (Å²) in [5, 5.41) is 0. The van der Waals surface area contributed by atoms with Gasteiger partial charge in [0, 0.05) is 19.1 Å². The lowest BCUT2D eigenvalue weighted by atomic mass is 9.64. The van der Waals surface area contributed by atoms with Crippen molar-refractivity contribution in [3.8, 4) is 0 Å². The number of hydrogen-bond acceptors (Lipinski definition) is 1. The molecule has 0 aromatic rings. The summed E-state index contributed by atoms with van der Waals surface area (Å²) >= 11 is 6.31. The minimum atomic E-state index is 0.348. The van der Waals surface area contributed by atoms with E-state index in [-0.39, 0.29) is 0 Å². The highest BCUT2D eigenvalue weighted by molar-refractivity contribution is 6.18. The number of rotatable bonds is 7. The molecule has 0 aliphatic heterocycles. The molecular weight excluding hydrogens is 268 g/mol. The molecule has 0 N–H and O–H groups in total. The normalized spacial score (nSPS) is 28.1. The first kappa shape index (κ1) is 18.3. The Balaban J connectivity index is 2.31. The van der Waals surface area contributed by atoms with Gasteiger partial charge in [-0.05, 0) is 61.2 Å². The highest BCUT2D eigenvalue weighted by Crippen LogP contribution is 2.47. The summed E-state index contributed by atoms with van der Waals surface area (Å²) < 4.78 is 5.81. The van der Waals surface area contributed by atoms with Crippen LogP contribution in [0, 0.1) is 22.7 Å². The first-order valence-electron chi connectivity index (χ1n) is 8.43. The lowest BCUT2D eigenvalue weighted by molar-refractivity contribution is 0.0518. The van der Waals surface area contributed by atoms with Gasteiger partial charge >= 0.3 is 0 Å². The lowest BCUT2D eigenvalue weighted by Crippen LogP contribution is -2.34. The molecule has 1 rings (SSSR count). The fraction of sp³-hybridized carbons (Fsp3) is 1.00. The second-order valence-electron chi connectivity index (χ2n) is 8.32. The molecule has 0 aromatic carbocycles.